The number of hydrogen-bond donors (Lipinski definition) is 0. The summed E-state index contributed by atoms with van der Waals surface area (Å²) in [6.07, 6.45) is 0.837. The van der Waals surface area contributed by atoms with E-state index < -0.39 is 11.8 Å². The second-order valence-corrected chi connectivity index (χ2v) is 8.30. The zero-order valence-electron chi connectivity index (χ0n) is 16.6. The van der Waals surface area contributed by atoms with Gasteiger partial charge in [-0.3, -0.25) is 14.4 Å². The van der Waals surface area contributed by atoms with Crippen LogP contribution in [0.2, 0.25) is 0 Å². The Morgan fingerprint density at radius 1 is 1.00 bits per heavy atom. The number of methoxy groups -OCH3 is 1. The maximum Gasteiger partial charge on any atom is 0.163 e. The van der Waals surface area contributed by atoms with Crippen LogP contribution in [0.4, 0.5) is 0 Å². The van der Waals surface area contributed by atoms with E-state index in [2.05, 4.69) is 0 Å². The lowest BCUT2D eigenvalue weighted by molar-refractivity contribution is -0.140. The first-order valence-corrected chi connectivity index (χ1v) is 9.58. The molecule has 0 saturated heterocycles. The summed E-state index contributed by atoms with van der Waals surface area (Å²) in [6.45, 7) is 3.88. The largest absolute Gasteiger partial charge is 0.497 e. The summed E-state index contributed by atoms with van der Waals surface area (Å²) < 4.78 is 5.21. The van der Waals surface area contributed by atoms with E-state index in [-0.39, 0.29) is 29.2 Å². The lowest BCUT2D eigenvalue weighted by Gasteiger charge is -2.35. The van der Waals surface area contributed by atoms with E-state index in [1.807, 2.05) is 44.2 Å². The van der Waals surface area contributed by atoms with Crippen LogP contribution in [0.15, 0.2) is 54.6 Å². The molecule has 0 bridgehead atoms. The van der Waals surface area contributed by atoms with Crippen LogP contribution in [0.1, 0.15) is 54.9 Å². The fraction of sp³-hybridized carbons (Fsp3) is 0.375. The topological polar surface area (TPSA) is 60.4 Å². The fourth-order valence-electron chi connectivity index (χ4n) is 4.07. The van der Waals surface area contributed by atoms with Gasteiger partial charge < -0.3 is 4.74 Å². The normalized spacial score (nSPS) is 18.0. The Hall–Kier alpha value is -2.75. The van der Waals surface area contributed by atoms with Crippen LogP contribution in [-0.2, 0) is 9.59 Å². The van der Waals surface area contributed by atoms with Gasteiger partial charge in [-0.25, -0.2) is 0 Å². The Bertz CT molecular complexity index is 845. The molecule has 2 aromatic rings. The number of Topliss-reactive ketones (excluding diaryl/α,β-unsaturated/α-hetero) is 3. The van der Waals surface area contributed by atoms with Gasteiger partial charge >= 0.3 is 0 Å². The highest BCUT2D eigenvalue weighted by Gasteiger charge is 2.44. The monoisotopic (exact) mass is 378 g/mol. The molecule has 2 aromatic carbocycles. The molecule has 0 N–H and O–H groups in total. The van der Waals surface area contributed by atoms with E-state index >= 15 is 0 Å². The SMILES string of the molecule is COc1ccc(C(CC(=O)c2ccccc2)C2C(=O)CC(C)(C)CC2=O)cc1. The van der Waals surface area contributed by atoms with Crippen molar-refractivity contribution in [2.45, 2.75) is 39.0 Å². The van der Waals surface area contributed by atoms with Gasteiger partial charge in [-0.2, -0.15) is 0 Å². The summed E-state index contributed by atoms with van der Waals surface area (Å²) in [4.78, 5) is 38.7. The highest BCUT2D eigenvalue weighted by molar-refractivity contribution is 6.07. The third kappa shape index (κ3) is 4.38. The average Bonchev–Trinajstić information content (AvgIpc) is 2.66. The Kier molecular flexibility index (Phi) is 5.78. The standard InChI is InChI=1S/C24H26O4/c1-24(2)14-21(26)23(22(27)15-24)19(16-9-11-18(28-3)12-10-16)13-20(25)17-7-5-4-6-8-17/h4-12,19,23H,13-15H2,1-3H3. The molecule has 0 radical (unpaired) electrons. The quantitative estimate of drug-likeness (QED) is 0.543. The summed E-state index contributed by atoms with van der Waals surface area (Å²) >= 11 is 0. The van der Waals surface area contributed by atoms with Crippen molar-refractivity contribution in [3.63, 3.8) is 0 Å². The van der Waals surface area contributed by atoms with Crippen molar-refractivity contribution in [1.82, 2.24) is 0 Å². The van der Waals surface area contributed by atoms with Crippen molar-refractivity contribution in [2.75, 3.05) is 7.11 Å². The summed E-state index contributed by atoms with van der Waals surface area (Å²) in [6, 6.07) is 16.3. The molecule has 0 aromatic heterocycles. The first kappa shape index (κ1) is 20.0. The number of hydrogen-bond acceptors (Lipinski definition) is 4. The van der Waals surface area contributed by atoms with Crippen LogP contribution in [0.5, 0.6) is 5.75 Å². The molecule has 1 atom stereocenters. The predicted octanol–water partition coefficient (Wildman–Crippen LogP) is 4.63. The second-order valence-electron chi connectivity index (χ2n) is 8.30. The smallest absolute Gasteiger partial charge is 0.163 e. The molecule has 28 heavy (non-hydrogen) atoms. The number of carbonyl (C=O) groups is 3. The zero-order chi connectivity index (χ0) is 20.3. The average molecular weight is 378 g/mol. The molecular formula is C24H26O4. The van der Waals surface area contributed by atoms with Gasteiger partial charge in [0.05, 0.1) is 13.0 Å². The summed E-state index contributed by atoms with van der Waals surface area (Å²) in [5.41, 5.74) is 1.09. The molecule has 4 heteroatoms. The molecule has 1 unspecified atom stereocenters. The maximum atomic E-state index is 12.9. The first-order chi connectivity index (χ1) is 13.3. The maximum absolute atomic E-state index is 12.9. The van der Waals surface area contributed by atoms with Gasteiger partial charge in [0.25, 0.3) is 0 Å². The van der Waals surface area contributed by atoms with Crippen LogP contribution in [0.3, 0.4) is 0 Å². The molecule has 3 rings (SSSR count). The number of benzene rings is 2. The van der Waals surface area contributed by atoms with Crippen molar-refractivity contribution in [3.05, 3.63) is 65.7 Å². The summed E-state index contributed by atoms with van der Waals surface area (Å²) in [5, 5.41) is 0. The van der Waals surface area contributed by atoms with Crippen LogP contribution in [0, 0.1) is 11.3 Å². The molecule has 1 aliphatic rings. The molecular weight excluding hydrogens is 352 g/mol. The number of ether oxygens (including phenoxy) is 1. The lowest BCUT2D eigenvalue weighted by atomic mass is 9.65. The van der Waals surface area contributed by atoms with Crippen LogP contribution in [-0.4, -0.2) is 24.5 Å². The van der Waals surface area contributed by atoms with Crippen molar-refractivity contribution in [2.24, 2.45) is 11.3 Å². The summed E-state index contributed by atoms with van der Waals surface area (Å²) in [5.74, 6) is -0.735. The first-order valence-electron chi connectivity index (χ1n) is 9.58. The van der Waals surface area contributed by atoms with Gasteiger partial charge in [0, 0.05) is 30.7 Å². The van der Waals surface area contributed by atoms with Crippen molar-refractivity contribution in [1.29, 1.82) is 0 Å². The van der Waals surface area contributed by atoms with Crippen molar-refractivity contribution < 1.29 is 19.1 Å². The Morgan fingerprint density at radius 3 is 2.11 bits per heavy atom. The number of rotatable bonds is 6. The molecule has 4 nitrogen and oxygen atoms in total. The third-order valence-corrected chi connectivity index (χ3v) is 5.45. The minimum atomic E-state index is -0.769. The zero-order valence-corrected chi connectivity index (χ0v) is 16.6. The fourth-order valence-corrected chi connectivity index (χ4v) is 4.07. The van der Waals surface area contributed by atoms with E-state index in [1.54, 1.807) is 31.4 Å². The van der Waals surface area contributed by atoms with Crippen LogP contribution in [0.25, 0.3) is 0 Å². The Labute approximate surface area is 165 Å². The molecule has 0 spiro atoms. The third-order valence-electron chi connectivity index (χ3n) is 5.45. The van der Waals surface area contributed by atoms with Crippen molar-refractivity contribution >= 4 is 17.3 Å². The molecule has 0 amide bonds. The number of carbonyl (C=O) groups excluding carboxylic acids is 3. The van der Waals surface area contributed by atoms with Gasteiger partial charge in [0.1, 0.15) is 17.3 Å². The van der Waals surface area contributed by atoms with E-state index in [0.29, 0.717) is 24.2 Å². The van der Waals surface area contributed by atoms with Gasteiger partial charge in [-0.15, -0.1) is 0 Å². The highest BCUT2D eigenvalue weighted by atomic mass is 16.5. The molecule has 0 heterocycles. The van der Waals surface area contributed by atoms with Gasteiger partial charge in [0.2, 0.25) is 0 Å². The van der Waals surface area contributed by atoms with E-state index in [0.717, 1.165) is 5.56 Å². The number of ketones is 3. The molecule has 1 aliphatic carbocycles. The molecule has 0 aliphatic heterocycles. The predicted molar refractivity (Wildman–Crippen MR) is 108 cm³/mol. The highest BCUT2D eigenvalue weighted by Crippen LogP contribution is 2.41. The second kappa shape index (κ2) is 8.09. The molecule has 1 fully saturated rings. The molecule has 146 valence electrons. The summed E-state index contributed by atoms with van der Waals surface area (Å²) in [7, 11) is 1.59. The lowest BCUT2D eigenvalue weighted by Crippen LogP contribution is -2.41. The van der Waals surface area contributed by atoms with Crippen LogP contribution >= 0.6 is 0 Å². The van der Waals surface area contributed by atoms with Gasteiger partial charge in [-0.05, 0) is 23.1 Å². The van der Waals surface area contributed by atoms with Crippen molar-refractivity contribution in [3.8, 4) is 5.75 Å². The van der Waals surface area contributed by atoms with Gasteiger partial charge in [0.15, 0.2) is 5.78 Å². The Morgan fingerprint density at radius 2 is 1.57 bits per heavy atom. The Balaban J connectivity index is 1.95. The molecule has 1 saturated carbocycles. The van der Waals surface area contributed by atoms with E-state index in [4.69, 9.17) is 4.74 Å². The van der Waals surface area contributed by atoms with E-state index in [1.165, 1.54) is 0 Å². The minimum absolute atomic E-state index is 0.0631. The minimum Gasteiger partial charge on any atom is -0.497 e. The van der Waals surface area contributed by atoms with E-state index in [9.17, 15) is 14.4 Å². The van der Waals surface area contributed by atoms with Gasteiger partial charge in [-0.1, -0.05) is 56.3 Å². The van der Waals surface area contributed by atoms with Crippen LogP contribution < -0.4 is 4.74 Å².